The maximum absolute atomic E-state index is 12.0. The van der Waals surface area contributed by atoms with Crippen LogP contribution in [0.2, 0.25) is 0 Å². The summed E-state index contributed by atoms with van der Waals surface area (Å²) in [5, 5.41) is 0. The maximum atomic E-state index is 12.0. The number of hydrogen-bond donors (Lipinski definition) is 1. The van der Waals surface area contributed by atoms with Crippen LogP contribution in [0, 0.1) is 0 Å². The molecule has 1 aromatic carbocycles. The largest absolute Gasteiger partial charge is 0.319 e. The Hall–Kier alpha value is -1.97. The Morgan fingerprint density at radius 3 is 2.83 bits per heavy atom. The Bertz CT molecular complexity index is 660. The molecule has 3 rings (SSSR count). The van der Waals surface area contributed by atoms with Crippen molar-refractivity contribution in [1.29, 1.82) is 0 Å². The fraction of sp³-hybridized carbons (Fsp3) is 0.357. The van der Waals surface area contributed by atoms with E-state index in [1.807, 2.05) is 24.3 Å². The summed E-state index contributed by atoms with van der Waals surface area (Å²) in [6, 6.07) is 7.39. The second-order valence-corrected chi connectivity index (χ2v) is 4.73. The molecule has 0 saturated heterocycles. The fourth-order valence-electron chi connectivity index (χ4n) is 2.55. The van der Waals surface area contributed by atoms with Gasteiger partial charge in [0.1, 0.15) is 11.5 Å². The quantitative estimate of drug-likeness (QED) is 0.833. The molecule has 4 nitrogen and oxygen atoms in total. The molecule has 1 aliphatic rings. The van der Waals surface area contributed by atoms with Gasteiger partial charge < -0.3 is 4.98 Å². The molecule has 18 heavy (non-hydrogen) atoms. The number of H-pyrrole nitrogens is 1. The van der Waals surface area contributed by atoms with Gasteiger partial charge >= 0.3 is 0 Å². The minimum atomic E-state index is -0.313. The average Bonchev–Trinajstić information content (AvgIpc) is 2.39. The van der Waals surface area contributed by atoms with E-state index in [0.29, 0.717) is 12.1 Å². The molecule has 0 aliphatic heterocycles. The Balaban J connectivity index is 2.13. The number of rotatable bonds is 1. The van der Waals surface area contributed by atoms with Crippen LogP contribution in [0.25, 0.3) is 11.0 Å². The molecular weight excluding hydrogens is 228 g/mol. The topological polar surface area (TPSA) is 62.8 Å². The summed E-state index contributed by atoms with van der Waals surface area (Å²) in [6.07, 6.45) is 3.23. The predicted molar refractivity (Wildman–Crippen MR) is 68.6 cm³/mol. The lowest BCUT2D eigenvalue weighted by molar-refractivity contribution is -0.122. The van der Waals surface area contributed by atoms with Crippen LogP contribution in [-0.2, 0) is 4.79 Å². The van der Waals surface area contributed by atoms with E-state index in [9.17, 15) is 9.59 Å². The Kier molecular flexibility index (Phi) is 2.70. The number of aromatic amines is 1. The first-order valence-electron chi connectivity index (χ1n) is 6.27. The Morgan fingerprint density at radius 1 is 1.17 bits per heavy atom. The van der Waals surface area contributed by atoms with Crippen LogP contribution in [0.5, 0.6) is 0 Å². The first kappa shape index (κ1) is 11.1. The highest BCUT2D eigenvalue weighted by Crippen LogP contribution is 2.27. The van der Waals surface area contributed by atoms with Gasteiger partial charge in [-0.3, -0.25) is 9.59 Å². The molecule has 4 heteroatoms. The van der Waals surface area contributed by atoms with Crippen LogP contribution >= 0.6 is 0 Å². The average molecular weight is 242 g/mol. The third-order valence-electron chi connectivity index (χ3n) is 3.51. The molecule has 2 aromatic rings. The molecule has 1 unspecified atom stereocenters. The van der Waals surface area contributed by atoms with E-state index >= 15 is 0 Å². The molecule has 92 valence electrons. The van der Waals surface area contributed by atoms with Gasteiger partial charge in [-0.2, -0.15) is 0 Å². The molecule has 1 fully saturated rings. The second-order valence-electron chi connectivity index (χ2n) is 4.73. The fourth-order valence-corrected chi connectivity index (χ4v) is 2.55. The minimum absolute atomic E-state index is 0.148. The number of para-hydroxylation sites is 2. The second kappa shape index (κ2) is 4.37. The van der Waals surface area contributed by atoms with E-state index in [2.05, 4.69) is 9.97 Å². The van der Waals surface area contributed by atoms with Gasteiger partial charge in [0.25, 0.3) is 5.56 Å². The van der Waals surface area contributed by atoms with Crippen molar-refractivity contribution in [2.75, 3.05) is 0 Å². The number of hydrogen-bond acceptors (Lipinski definition) is 3. The van der Waals surface area contributed by atoms with Gasteiger partial charge in [-0.1, -0.05) is 18.6 Å². The van der Waals surface area contributed by atoms with E-state index in [4.69, 9.17) is 0 Å². The predicted octanol–water partition coefficient (Wildman–Crippen LogP) is 2.15. The number of Topliss-reactive ketones (excluding diaryl/α,β-unsaturated/α-hetero) is 1. The monoisotopic (exact) mass is 242 g/mol. The first-order valence-corrected chi connectivity index (χ1v) is 6.27. The number of carbonyl (C=O) groups excluding carboxylic acids is 1. The van der Waals surface area contributed by atoms with Crippen molar-refractivity contribution in [1.82, 2.24) is 9.97 Å². The summed E-state index contributed by atoms with van der Waals surface area (Å²) in [7, 11) is 0. The smallest absolute Gasteiger partial charge is 0.270 e. The van der Waals surface area contributed by atoms with Gasteiger partial charge in [-0.05, 0) is 25.0 Å². The normalized spacial score (nSPS) is 20.2. The molecule has 0 spiro atoms. The Labute approximate surface area is 104 Å². The highest BCUT2D eigenvalue weighted by Gasteiger charge is 2.27. The molecule has 1 aliphatic carbocycles. The van der Waals surface area contributed by atoms with Crippen LogP contribution in [0.15, 0.2) is 29.1 Å². The molecule has 0 amide bonds. The van der Waals surface area contributed by atoms with Crippen molar-refractivity contribution in [3.8, 4) is 0 Å². The zero-order chi connectivity index (χ0) is 12.5. The summed E-state index contributed by atoms with van der Waals surface area (Å²) < 4.78 is 0. The van der Waals surface area contributed by atoms with Crippen molar-refractivity contribution >= 4 is 16.8 Å². The van der Waals surface area contributed by atoms with Crippen LogP contribution in [0.3, 0.4) is 0 Å². The summed E-state index contributed by atoms with van der Waals surface area (Å²) >= 11 is 0. The lowest BCUT2D eigenvalue weighted by Gasteiger charge is -2.19. The third kappa shape index (κ3) is 1.83. The maximum Gasteiger partial charge on any atom is 0.270 e. The van der Waals surface area contributed by atoms with Crippen molar-refractivity contribution in [3.05, 3.63) is 40.3 Å². The van der Waals surface area contributed by atoms with Crippen molar-refractivity contribution in [2.24, 2.45) is 0 Å². The zero-order valence-electron chi connectivity index (χ0n) is 9.98. The van der Waals surface area contributed by atoms with Crippen LogP contribution in [0.1, 0.15) is 37.3 Å². The Morgan fingerprint density at radius 2 is 2.00 bits per heavy atom. The van der Waals surface area contributed by atoms with Crippen LogP contribution < -0.4 is 5.56 Å². The standard InChI is InChI=1S/C14H14N2O2/c17-12-8-4-1-5-9(12)13-14(18)16-11-7-3-2-6-10(11)15-13/h2-3,6-7,9H,1,4-5,8H2,(H,16,18). The van der Waals surface area contributed by atoms with Gasteiger partial charge in [-0.15, -0.1) is 0 Å². The molecule has 0 bridgehead atoms. The van der Waals surface area contributed by atoms with Crippen LogP contribution in [-0.4, -0.2) is 15.8 Å². The van der Waals surface area contributed by atoms with Gasteiger partial charge in [0.15, 0.2) is 0 Å². The van der Waals surface area contributed by atoms with E-state index in [1.165, 1.54) is 0 Å². The highest BCUT2D eigenvalue weighted by atomic mass is 16.1. The summed E-state index contributed by atoms with van der Waals surface area (Å²) in [5.41, 5.74) is 1.62. The number of fused-ring (bicyclic) bond motifs is 1. The molecule has 1 atom stereocenters. The van der Waals surface area contributed by atoms with E-state index < -0.39 is 0 Å². The molecular formula is C14H14N2O2. The number of nitrogens with one attached hydrogen (secondary N) is 1. The summed E-state index contributed by atoms with van der Waals surface area (Å²) in [5.74, 6) is -0.165. The van der Waals surface area contributed by atoms with Crippen molar-refractivity contribution in [2.45, 2.75) is 31.6 Å². The van der Waals surface area contributed by atoms with E-state index in [-0.39, 0.29) is 17.3 Å². The number of aromatic nitrogens is 2. The van der Waals surface area contributed by atoms with E-state index in [1.54, 1.807) is 0 Å². The molecule has 0 radical (unpaired) electrons. The van der Waals surface area contributed by atoms with E-state index in [0.717, 1.165) is 30.3 Å². The highest BCUT2D eigenvalue weighted by molar-refractivity contribution is 5.86. The summed E-state index contributed by atoms with van der Waals surface area (Å²) in [4.78, 5) is 31.1. The number of ketones is 1. The van der Waals surface area contributed by atoms with Crippen LogP contribution in [0.4, 0.5) is 0 Å². The van der Waals surface area contributed by atoms with Gasteiger partial charge in [0, 0.05) is 6.42 Å². The number of benzene rings is 1. The lowest BCUT2D eigenvalue weighted by Crippen LogP contribution is -2.26. The first-order chi connectivity index (χ1) is 8.75. The van der Waals surface area contributed by atoms with Crippen molar-refractivity contribution in [3.63, 3.8) is 0 Å². The molecule has 1 heterocycles. The van der Waals surface area contributed by atoms with Gasteiger partial charge in [0.05, 0.1) is 17.0 Å². The van der Waals surface area contributed by atoms with Crippen molar-refractivity contribution < 1.29 is 4.79 Å². The minimum Gasteiger partial charge on any atom is -0.319 e. The third-order valence-corrected chi connectivity index (χ3v) is 3.51. The molecule has 1 aromatic heterocycles. The van der Waals surface area contributed by atoms with Gasteiger partial charge in [-0.25, -0.2) is 4.98 Å². The SMILES string of the molecule is O=C1CCCCC1c1nc2ccccc2[nH]c1=O. The zero-order valence-corrected chi connectivity index (χ0v) is 9.98. The molecule has 1 saturated carbocycles. The van der Waals surface area contributed by atoms with Gasteiger partial charge in [0.2, 0.25) is 0 Å². The summed E-state index contributed by atoms with van der Waals surface area (Å²) in [6.45, 7) is 0. The number of nitrogens with zero attached hydrogens (tertiary/aromatic N) is 1. The molecule has 1 N–H and O–H groups in total. The lowest BCUT2D eigenvalue weighted by atomic mass is 9.86. The number of carbonyl (C=O) groups is 1.